The first kappa shape index (κ1) is 12.0. The molecule has 0 heterocycles. The average Bonchev–Trinajstić information content (AvgIpc) is 2.98. The van der Waals surface area contributed by atoms with E-state index in [1.54, 1.807) is 0 Å². The van der Waals surface area contributed by atoms with Gasteiger partial charge in [-0.3, -0.25) is 14.9 Å². The number of rotatable bonds is 7. The van der Waals surface area contributed by atoms with E-state index in [-0.39, 0.29) is 24.9 Å². The normalized spacial score (nSPS) is 14.7. The summed E-state index contributed by atoms with van der Waals surface area (Å²) < 4.78 is 0. The summed E-state index contributed by atoms with van der Waals surface area (Å²) in [7, 11) is 0. The van der Waals surface area contributed by atoms with Crippen molar-refractivity contribution in [3.05, 3.63) is 0 Å². The second-order valence-electron chi connectivity index (χ2n) is 3.80. The number of carbonyl (C=O) groups excluding carboxylic acids is 2. The maximum atomic E-state index is 11.2. The number of hydrogen-bond acceptors (Lipinski definition) is 3. The fourth-order valence-corrected chi connectivity index (χ4v) is 1.19. The predicted molar refractivity (Wildman–Crippen MR) is 57.3 cm³/mol. The standard InChI is InChI=1S/C10H19N3O2/c1-2-12-9(14)6-11-7-10(15)13-5-8-3-4-8/h8,11H,2-7H2,1H3,(H,12,14)(H,13,15). The first-order chi connectivity index (χ1) is 7.22. The predicted octanol–water partition coefficient (Wildman–Crippen LogP) is -0.762. The van der Waals surface area contributed by atoms with Gasteiger partial charge in [-0.2, -0.15) is 0 Å². The van der Waals surface area contributed by atoms with E-state index in [4.69, 9.17) is 0 Å². The van der Waals surface area contributed by atoms with Crippen molar-refractivity contribution >= 4 is 11.8 Å². The molecule has 15 heavy (non-hydrogen) atoms. The summed E-state index contributed by atoms with van der Waals surface area (Å²) in [5, 5.41) is 8.25. The SMILES string of the molecule is CCNC(=O)CNCC(=O)NCC1CC1. The quantitative estimate of drug-likeness (QED) is 0.520. The highest BCUT2D eigenvalue weighted by molar-refractivity contribution is 5.81. The molecule has 2 amide bonds. The molecule has 0 aliphatic heterocycles. The Morgan fingerprint density at radius 1 is 1.13 bits per heavy atom. The fourth-order valence-electron chi connectivity index (χ4n) is 1.19. The van der Waals surface area contributed by atoms with Gasteiger partial charge in [0.25, 0.3) is 0 Å². The van der Waals surface area contributed by atoms with Crippen LogP contribution in [0.2, 0.25) is 0 Å². The van der Waals surface area contributed by atoms with Crippen LogP contribution < -0.4 is 16.0 Å². The summed E-state index contributed by atoms with van der Waals surface area (Å²) in [4.78, 5) is 22.2. The second kappa shape index (κ2) is 6.40. The van der Waals surface area contributed by atoms with Crippen LogP contribution in [0, 0.1) is 5.92 Å². The fraction of sp³-hybridized carbons (Fsp3) is 0.800. The zero-order valence-corrected chi connectivity index (χ0v) is 9.14. The third kappa shape index (κ3) is 6.06. The lowest BCUT2D eigenvalue weighted by Crippen LogP contribution is -2.40. The summed E-state index contributed by atoms with van der Waals surface area (Å²) in [5.41, 5.74) is 0. The Kier molecular flexibility index (Phi) is 5.10. The highest BCUT2D eigenvalue weighted by atomic mass is 16.2. The van der Waals surface area contributed by atoms with Gasteiger partial charge < -0.3 is 10.6 Å². The maximum Gasteiger partial charge on any atom is 0.233 e. The highest BCUT2D eigenvalue weighted by Gasteiger charge is 2.21. The molecule has 0 aromatic rings. The Morgan fingerprint density at radius 3 is 2.27 bits per heavy atom. The van der Waals surface area contributed by atoms with Crippen molar-refractivity contribution in [1.82, 2.24) is 16.0 Å². The molecule has 1 fully saturated rings. The van der Waals surface area contributed by atoms with Gasteiger partial charge in [0.05, 0.1) is 13.1 Å². The molecule has 0 aromatic heterocycles. The average molecular weight is 213 g/mol. The number of amides is 2. The first-order valence-electron chi connectivity index (χ1n) is 5.46. The summed E-state index contributed by atoms with van der Waals surface area (Å²) in [6.45, 7) is 3.67. The van der Waals surface area contributed by atoms with E-state index >= 15 is 0 Å². The Balaban J connectivity index is 1.93. The topological polar surface area (TPSA) is 70.2 Å². The molecule has 5 nitrogen and oxygen atoms in total. The van der Waals surface area contributed by atoms with Crippen LogP contribution in [0.1, 0.15) is 19.8 Å². The Hall–Kier alpha value is -1.10. The Morgan fingerprint density at radius 2 is 1.73 bits per heavy atom. The molecule has 0 bridgehead atoms. The van der Waals surface area contributed by atoms with Gasteiger partial charge >= 0.3 is 0 Å². The molecule has 3 N–H and O–H groups in total. The molecule has 0 unspecified atom stereocenters. The van der Waals surface area contributed by atoms with Crippen LogP contribution in [0.5, 0.6) is 0 Å². The van der Waals surface area contributed by atoms with Gasteiger partial charge in [0, 0.05) is 13.1 Å². The van der Waals surface area contributed by atoms with Gasteiger partial charge in [-0.1, -0.05) is 0 Å². The summed E-state index contributed by atoms with van der Waals surface area (Å²) >= 11 is 0. The van der Waals surface area contributed by atoms with Crippen molar-refractivity contribution in [2.24, 2.45) is 5.92 Å². The van der Waals surface area contributed by atoms with Gasteiger partial charge in [0.1, 0.15) is 0 Å². The zero-order valence-electron chi connectivity index (χ0n) is 9.14. The Labute approximate surface area is 90.0 Å². The molecule has 1 rings (SSSR count). The number of nitrogens with one attached hydrogen (secondary N) is 3. The van der Waals surface area contributed by atoms with Crippen LogP contribution in [0.4, 0.5) is 0 Å². The molecule has 0 spiro atoms. The molecule has 5 heteroatoms. The molecule has 0 saturated heterocycles. The van der Waals surface area contributed by atoms with Crippen molar-refractivity contribution in [1.29, 1.82) is 0 Å². The van der Waals surface area contributed by atoms with E-state index in [0.717, 1.165) is 6.54 Å². The largest absolute Gasteiger partial charge is 0.355 e. The minimum Gasteiger partial charge on any atom is -0.355 e. The zero-order chi connectivity index (χ0) is 11.1. The third-order valence-electron chi connectivity index (χ3n) is 2.23. The molecular weight excluding hydrogens is 194 g/mol. The number of carbonyl (C=O) groups is 2. The lowest BCUT2D eigenvalue weighted by atomic mass is 10.4. The van der Waals surface area contributed by atoms with Gasteiger partial charge in [0.2, 0.25) is 11.8 Å². The lowest BCUT2D eigenvalue weighted by Gasteiger charge is -2.05. The molecule has 86 valence electrons. The van der Waals surface area contributed by atoms with E-state index in [2.05, 4.69) is 16.0 Å². The smallest absolute Gasteiger partial charge is 0.233 e. The molecule has 1 saturated carbocycles. The monoisotopic (exact) mass is 213 g/mol. The minimum absolute atomic E-state index is 0.0359. The van der Waals surface area contributed by atoms with Crippen molar-refractivity contribution in [2.45, 2.75) is 19.8 Å². The molecule has 1 aliphatic carbocycles. The van der Waals surface area contributed by atoms with Crippen LogP contribution in [0.15, 0.2) is 0 Å². The Bertz CT molecular complexity index is 227. The van der Waals surface area contributed by atoms with E-state index in [0.29, 0.717) is 12.5 Å². The molecule has 1 aliphatic rings. The molecule has 0 aromatic carbocycles. The summed E-state index contributed by atoms with van der Waals surface area (Å²) in [6.07, 6.45) is 2.46. The third-order valence-corrected chi connectivity index (χ3v) is 2.23. The van der Waals surface area contributed by atoms with Gasteiger partial charge in [0.15, 0.2) is 0 Å². The summed E-state index contributed by atoms with van der Waals surface area (Å²) in [6, 6.07) is 0. The number of hydrogen-bond donors (Lipinski definition) is 3. The van der Waals surface area contributed by atoms with E-state index in [1.807, 2.05) is 6.92 Å². The van der Waals surface area contributed by atoms with Crippen LogP contribution in [0.25, 0.3) is 0 Å². The summed E-state index contributed by atoms with van der Waals surface area (Å²) in [5.74, 6) is 0.580. The lowest BCUT2D eigenvalue weighted by molar-refractivity contribution is -0.121. The van der Waals surface area contributed by atoms with Crippen molar-refractivity contribution in [3.63, 3.8) is 0 Å². The van der Waals surface area contributed by atoms with Gasteiger partial charge in [-0.25, -0.2) is 0 Å². The van der Waals surface area contributed by atoms with Gasteiger partial charge in [-0.05, 0) is 25.7 Å². The van der Waals surface area contributed by atoms with E-state index in [9.17, 15) is 9.59 Å². The van der Waals surface area contributed by atoms with Crippen LogP contribution in [0.3, 0.4) is 0 Å². The van der Waals surface area contributed by atoms with Crippen LogP contribution >= 0.6 is 0 Å². The molecule has 0 radical (unpaired) electrons. The minimum atomic E-state index is -0.0764. The number of likely N-dealkylation sites (N-methyl/N-ethyl adjacent to an activating group) is 1. The van der Waals surface area contributed by atoms with Gasteiger partial charge in [-0.15, -0.1) is 0 Å². The van der Waals surface area contributed by atoms with Crippen molar-refractivity contribution < 1.29 is 9.59 Å². The van der Waals surface area contributed by atoms with E-state index < -0.39 is 0 Å². The van der Waals surface area contributed by atoms with Crippen molar-refractivity contribution in [3.8, 4) is 0 Å². The van der Waals surface area contributed by atoms with Crippen LogP contribution in [-0.2, 0) is 9.59 Å². The molecular formula is C10H19N3O2. The molecule has 0 atom stereocenters. The maximum absolute atomic E-state index is 11.2. The second-order valence-corrected chi connectivity index (χ2v) is 3.80. The van der Waals surface area contributed by atoms with E-state index in [1.165, 1.54) is 12.8 Å². The van der Waals surface area contributed by atoms with Crippen LogP contribution in [-0.4, -0.2) is 38.0 Å². The first-order valence-corrected chi connectivity index (χ1v) is 5.46. The highest BCUT2D eigenvalue weighted by Crippen LogP contribution is 2.27. The van der Waals surface area contributed by atoms with Crippen molar-refractivity contribution in [2.75, 3.05) is 26.2 Å².